The number of aromatic nitrogens is 3. The lowest BCUT2D eigenvalue weighted by Crippen LogP contribution is -2.39. The molecule has 1 atom stereocenters. The van der Waals surface area contributed by atoms with Gasteiger partial charge in [0.05, 0.1) is 12.4 Å². The Labute approximate surface area is 154 Å². The second-order valence-corrected chi connectivity index (χ2v) is 6.22. The molecule has 3 heterocycles. The molecule has 27 heavy (non-hydrogen) atoms. The third-order valence-corrected chi connectivity index (χ3v) is 4.55. The van der Waals surface area contributed by atoms with Crippen LogP contribution < -0.4 is 11.1 Å². The van der Waals surface area contributed by atoms with Gasteiger partial charge >= 0.3 is 0 Å². The highest BCUT2D eigenvalue weighted by Crippen LogP contribution is 2.38. The molecule has 8 heteroatoms. The highest BCUT2D eigenvalue weighted by molar-refractivity contribution is 6.09. The van der Waals surface area contributed by atoms with Crippen molar-refractivity contribution >= 4 is 11.9 Å². The standard InChI is InChI=1S/C19H17FN6O/c1-2-26-11-15(9-23-26)19(17(27)24-18(21)25-19)14-5-3-4-12(6-14)13-7-16(20)10-22-8-13/h3-11H,2H2,1H3,(H3,21,24,25,27). The lowest BCUT2D eigenvalue weighted by atomic mass is 9.83. The Balaban J connectivity index is 1.90. The summed E-state index contributed by atoms with van der Waals surface area (Å²) in [6, 6.07) is 8.59. The summed E-state index contributed by atoms with van der Waals surface area (Å²) in [5, 5.41) is 6.85. The summed E-state index contributed by atoms with van der Waals surface area (Å²) in [7, 11) is 0. The minimum atomic E-state index is -1.34. The van der Waals surface area contributed by atoms with E-state index in [-0.39, 0.29) is 11.9 Å². The fourth-order valence-electron chi connectivity index (χ4n) is 3.24. The number of pyridine rings is 1. The van der Waals surface area contributed by atoms with Crippen molar-refractivity contribution in [3.63, 3.8) is 0 Å². The van der Waals surface area contributed by atoms with Gasteiger partial charge in [0, 0.05) is 30.1 Å². The normalized spacial score (nSPS) is 19.0. The summed E-state index contributed by atoms with van der Waals surface area (Å²) < 4.78 is 15.3. The van der Waals surface area contributed by atoms with Gasteiger partial charge in [0.2, 0.25) is 0 Å². The molecular formula is C19H17FN6O. The first-order chi connectivity index (χ1) is 13.0. The van der Waals surface area contributed by atoms with Gasteiger partial charge in [-0.2, -0.15) is 5.10 Å². The van der Waals surface area contributed by atoms with Crippen molar-refractivity contribution in [1.29, 1.82) is 0 Å². The summed E-state index contributed by atoms with van der Waals surface area (Å²) in [4.78, 5) is 21.2. The Morgan fingerprint density at radius 2 is 2.04 bits per heavy atom. The molecule has 7 nitrogen and oxygen atoms in total. The number of amides is 1. The SMILES string of the molecule is CCn1cc(C2(c3cccc(-c4cncc(F)c4)c3)N=C(N)NC2=O)cn1. The number of halogens is 1. The lowest BCUT2D eigenvalue weighted by molar-refractivity contribution is -0.122. The van der Waals surface area contributed by atoms with E-state index in [1.165, 1.54) is 6.07 Å². The van der Waals surface area contributed by atoms with Crippen molar-refractivity contribution in [3.8, 4) is 11.1 Å². The van der Waals surface area contributed by atoms with E-state index in [2.05, 4.69) is 20.4 Å². The molecule has 1 unspecified atom stereocenters. The predicted molar refractivity (Wildman–Crippen MR) is 98.1 cm³/mol. The molecule has 136 valence electrons. The largest absolute Gasteiger partial charge is 0.370 e. The predicted octanol–water partition coefficient (Wildman–Crippen LogP) is 1.79. The lowest BCUT2D eigenvalue weighted by Gasteiger charge is -2.23. The third-order valence-electron chi connectivity index (χ3n) is 4.55. The molecule has 1 aliphatic rings. The monoisotopic (exact) mass is 364 g/mol. The van der Waals surface area contributed by atoms with Crippen LogP contribution in [0, 0.1) is 5.82 Å². The molecule has 0 saturated heterocycles. The fraction of sp³-hybridized carbons (Fsp3) is 0.158. The van der Waals surface area contributed by atoms with Crippen LogP contribution >= 0.6 is 0 Å². The van der Waals surface area contributed by atoms with Gasteiger partial charge in [0.1, 0.15) is 5.82 Å². The highest BCUT2D eigenvalue weighted by atomic mass is 19.1. The van der Waals surface area contributed by atoms with Gasteiger partial charge in [0.25, 0.3) is 5.91 Å². The van der Waals surface area contributed by atoms with Crippen LogP contribution in [0.4, 0.5) is 4.39 Å². The molecule has 0 radical (unpaired) electrons. The van der Waals surface area contributed by atoms with Crippen LogP contribution in [0.3, 0.4) is 0 Å². The van der Waals surface area contributed by atoms with Crippen LogP contribution in [0.1, 0.15) is 18.1 Å². The van der Waals surface area contributed by atoms with Crippen molar-refractivity contribution in [2.75, 3.05) is 0 Å². The van der Waals surface area contributed by atoms with E-state index in [4.69, 9.17) is 5.73 Å². The van der Waals surface area contributed by atoms with E-state index >= 15 is 0 Å². The molecule has 1 amide bonds. The zero-order valence-electron chi connectivity index (χ0n) is 14.6. The fourth-order valence-corrected chi connectivity index (χ4v) is 3.24. The molecule has 0 bridgehead atoms. The first-order valence-corrected chi connectivity index (χ1v) is 8.44. The number of hydrogen-bond acceptors (Lipinski definition) is 5. The molecule has 0 fully saturated rings. The number of nitrogens with two attached hydrogens (primary N) is 1. The topological polar surface area (TPSA) is 98.2 Å². The van der Waals surface area contributed by atoms with Crippen LogP contribution in [-0.4, -0.2) is 26.6 Å². The number of carbonyl (C=O) groups excluding carboxylic acids is 1. The zero-order chi connectivity index (χ0) is 19.0. The number of aliphatic imine (C=N–C) groups is 1. The maximum Gasteiger partial charge on any atom is 0.264 e. The molecule has 3 N–H and O–H groups in total. The molecular weight excluding hydrogens is 347 g/mol. The van der Waals surface area contributed by atoms with Crippen LogP contribution in [0.2, 0.25) is 0 Å². The maximum absolute atomic E-state index is 13.6. The second kappa shape index (κ2) is 6.31. The van der Waals surface area contributed by atoms with E-state index < -0.39 is 11.4 Å². The van der Waals surface area contributed by atoms with E-state index in [9.17, 15) is 9.18 Å². The first-order valence-electron chi connectivity index (χ1n) is 8.44. The minimum Gasteiger partial charge on any atom is -0.370 e. The average molecular weight is 364 g/mol. The van der Waals surface area contributed by atoms with Gasteiger partial charge in [-0.3, -0.25) is 19.8 Å². The van der Waals surface area contributed by atoms with Crippen molar-refractivity contribution in [3.05, 3.63) is 72.1 Å². The summed E-state index contributed by atoms with van der Waals surface area (Å²) in [6.07, 6.45) is 6.10. The molecule has 1 aromatic carbocycles. The van der Waals surface area contributed by atoms with E-state index in [0.29, 0.717) is 23.2 Å². The highest BCUT2D eigenvalue weighted by Gasteiger charge is 2.47. The summed E-state index contributed by atoms with van der Waals surface area (Å²) in [6.45, 7) is 2.61. The first kappa shape index (κ1) is 16.9. The van der Waals surface area contributed by atoms with Crippen molar-refractivity contribution in [1.82, 2.24) is 20.1 Å². The van der Waals surface area contributed by atoms with Gasteiger partial charge in [-0.1, -0.05) is 18.2 Å². The molecule has 0 spiro atoms. The Hall–Kier alpha value is -3.55. The van der Waals surface area contributed by atoms with Crippen LogP contribution in [0.5, 0.6) is 0 Å². The Kier molecular flexibility index (Phi) is 3.95. The number of guanidine groups is 1. The van der Waals surface area contributed by atoms with Gasteiger partial charge in [0.15, 0.2) is 11.5 Å². The number of nitrogens with zero attached hydrogens (tertiary/aromatic N) is 4. The number of rotatable bonds is 4. The zero-order valence-corrected chi connectivity index (χ0v) is 14.6. The smallest absolute Gasteiger partial charge is 0.264 e. The van der Waals surface area contributed by atoms with Gasteiger partial charge in [-0.05, 0) is 30.2 Å². The van der Waals surface area contributed by atoms with Crippen LogP contribution in [0.15, 0.2) is 60.1 Å². The second-order valence-electron chi connectivity index (χ2n) is 6.22. The number of aryl methyl sites for hydroxylation is 1. The average Bonchev–Trinajstić information content (AvgIpc) is 3.26. The van der Waals surface area contributed by atoms with Crippen molar-refractivity contribution in [2.24, 2.45) is 10.7 Å². The Morgan fingerprint density at radius 3 is 2.70 bits per heavy atom. The van der Waals surface area contributed by atoms with Crippen molar-refractivity contribution in [2.45, 2.75) is 19.0 Å². The minimum absolute atomic E-state index is 0.0436. The Morgan fingerprint density at radius 1 is 1.19 bits per heavy atom. The molecule has 1 aliphatic heterocycles. The molecule has 0 aliphatic carbocycles. The van der Waals surface area contributed by atoms with Crippen molar-refractivity contribution < 1.29 is 9.18 Å². The summed E-state index contributed by atoms with van der Waals surface area (Å²) in [5.74, 6) is -0.745. The molecule has 0 saturated carbocycles. The van der Waals surface area contributed by atoms with Crippen LogP contribution in [0.25, 0.3) is 11.1 Å². The molecule has 2 aromatic heterocycles. The summed E-state index contributed by atoms with van der Waals surface area (Å²) in [5.41, 5.74) is 7.01. The number of hydrogen-bond donors (Lipinski definition) is 2. The van der Waals surface area contributed by atoms with Gasteiger partial charge in [-0.15, -0.1) is 0 Å². The number of carbonyl (C=O) groups is 1. The summed E-state index contributed by atoms with van der Waals surface area (Å²) >= 11 is 0. The third kappa shape index (κ3) is 2.75. The Bertz CT molecular complexity index is 1060. The number of benzene rings is 1. The number of nitrogens with one attached hydrogen (secondary N) is 1. The van der Waals surface area contributed by atoms with E-state index in [1.54, 1.807) is 41.5 Å². The van der Waals surface area contributed by atoms with E-state index in [1.807, 2.05) is 13.0 Å². The van der Waals surface area contributed by atoms with Gasteiger partial charge < -0.3 is 5.73 Å². The maximum atomic E-state index is 13.6. The molecule has 3 aromatic rings. The van der Waals surface area contributed by atoms with Gasteiger partial charge in [-0.25, -0.2) is 9.38 Å². The van der Waals surface area contributed by atoms with E-state index in [0.717, 1.165) is 11.8 Å². The quantitative estimate of drug-likeness (QED) is 0.737. The molecule has 4 rings (SSSR count). The van der Waals surface area contributed by atoms with Crippen LogP contribution in [-0.2, 0) is 16.9 Å².